The highest BCUT2D eigenvalue weighted by molar-refractivity contribution is 7.14. The van der Waals surface area contributed by atoms with Crippen LogP contribution in [0.5, 0.6) is 0 Å². The van der Waals surface area contributed by atoms with Gasteiger partial charge in [0.25, 0.3) is 5.91 Å². The van der Waals surface area contributed by atoms with Crippen molar-refractivity contribution in [1.82, 2.24) is 9.97 Å². The molecule has 0 aliphatic carbocycles. The van der Waals surface area contributed by atoms with E-state index in [-0.39, 0.29) is 18.2 Å². The van der Waals surface area contributed by atoms with Gasteiger partial charge in [-0.15, -0.1) is 11.3 Å². The molecule has 3 aromatic rings. The fourth-order valence-corrected chi connectivity index (χ4v) is 2.89. The van der Waals surface area contributed by atoms with E-state index < -0.39 is 0 Å². The molecule has 3 aromatic heterocycles. The van der Waals surface area contributed by atoms with Crippen LogP contribution >= 0.6 is 11.3 Å². The SMILES string of the molecule is Cc1ccnc(NC(=O)Cc2csc(NC(=O)c3ccoc3C)n2)c1. The second-order valence-electron chi connectivity index (χ2n) is 5.43. The summed E-state index contributed by atoms with van der Waals surface area (Å²) in [5.41, 5.74) is 2.05. The topological polar surface area (TPSA) is 97.1 Å². The maximum absolute atomic E-state index is 12.1. The molecule has 0 spiro atoms. The molecule has 0 atom stereocenters. The summed E-state index contributed by atoms with van der Waals surface area (Å²) < 4.78 is 5.11. The predicted molar refractivity (Wildman–Crippen MR) is 94.8 cm³/mol. The number of anilines is 2. The number of rotatable bonds is 5. The van der Waals surface area contributed by atoms with Gasteiger partial charge in [-0.05, 0) is 37.6 Å². The van der Waals surface area contributed by atoms with Crippen LogP contribution in [0.1, 0.15) is 27.4 Å². The Morgan fingerprint density at radius 2 is 2.08 bits per heavy atom. The average molecular weight is 356 g/mol. The quantitative estimate of drug-likeness (QED) is 0.732. The van der Waals surface area contributed by atoms with Crippen LogP contribution < -0.4 is 10.6 Å². The molecule has 0 saturated carbocycles. The molecule has 25 heavy (non-hydrogen) atoms. The fraction of sp³-hybridized carbons (Fsp3) is 0.176. The monoisotopic (exact) mass is 356 g/mol. The highest BCUT2D eigenvalue weighted by Gasteiger charge is 2.14. The molecule has 3 heterocycles. The first-order valence-corrected chi connectivity index (χ1v) is 8.41. The maximum atomic E-state index is 12.1. The zero-order valence-corrected chi connectivity index (χ0v) is 14.5. The Morgan fingerprint density at radius 3 is 2.80 bits per heavy atom. The molecule has 8 heteroatoms. The van der Waals surface area contributed by atoms with Gasteiger partial charge in [0.05, 0.1) is 23.9 Å². The van der Waals surface area contributed by atoms with Crippen molar-refractivity contribution in [1.29, 1.82) is 0 Å². The summed E-state index contributed by atoms with van der Waals surface area (Å²) in [5.74, 6) is 0.538. The maximum Gasteiger partial charge on any atom is 0.260 e. The lowest BCUT2D eigenvalue weighted by Gasteiger charge is -2.03. The summed E-state index contributed by atoms with van der Waals surface area (Å²) in [7, 11) is 0. The molecule has 0 saturated heterocycles. The van der Waals surface area contributed by atoms with E-state index in [0.717, 1.165) is 5.56 Å². The Bertz CT molecular complexity index is 916. The molecule has 2 amide bonds. The van der Waals surface area contributed by atoms with E-state index in [0.29, 0.717) is 28.0 Å². The second kappa shape index (κ2) is 7.27. The minimum absolute atomic E-state index is 0.104. The van der Waals surface area contributed by atoms with Gasteiger partial charge in [-0.25, -0.2) is 9.97 Å². The minimum atomic E-state index is -0.291. The van der Waals surface area contributed by atoms with Crippen LogP contribution in [-0.2, 0) is 11.2 Å². The molecule has 7 nitrogen and oxygen atoms in total. The smallest absolute Gasteiger partial charge is 0.260 e. The third-order valence-corrected chi connectivity index (χ3v) is 4.21. The summed E-state index contributed by atoms with van der Waals surface area (Å²) in [6, 6.07) is 5.24. The Labute approximate surface area is 148 Å². The number of furan rings is 1. The Balaban J connectivity index is 1.59. The molecule has 0 radical (unpaired) electrons. The van der Waals surface area contributed by atoms with Gasteiger partial charge in [0.2, 0.25) is 5.91 Å². The zero-order valence-electron chi connectivity index (χ0n) is 13.7. The number of carbonyl (C=O) groups is 2. The zero-order chi connectivity index (χ0) is 17.8. The molecule has 0 unspecified atom stereocenters. The molecule has 0 fully saturated rings. The molecule has 0 bridgehead atoms. The lowest BCUT2D eigenvalue weighted by Crippen LogP contribution is -2.16. The number of amides is 2. The van der Waals surface area contributed by atoms with Gasteiger partial charge >= 0.3 is 0 Å². The standard InChI is InChI=1S/C17H16N4O3S/c1-10-3-5-18-14(7-10)20-15(22)8-12-9-25-17(19-12)21-16(23)13-4-6-24-11(13)2/h3-7,9H,8H2,1-2H3,(H,18,20,22)(H,19,21,23). The van der Waals surface area contributed by atoms with Crippen molar-refractivity contribution >= 4 is 34.1 Å². The number of aromatic nitrogens is 2. The van der Waals surface area contributed by atoms with Crippen LogP contribution in [0.2, 0.25) is 0 Å². The Morgan fingerprint density at radius 1 is 1.24 bits per heavy atom. The van der Waals surface area contributed by atoms with E-state index in [4.69, 9.17) is 4.42 Å². The first-order valence-electron chi connectivity index (χ1n) is 7.53. The van der Waals surface area contributed by atoms with E-state index in [1.165, 1.54) is 17.6 Å². The van der Waals surface area contributed by atoms with Crippen LogP contribution in [0.25, 0.3) is 0 Å². The molecule has 0 aliphatic heterocycles. The number of pyridine rings is 1. The van der Waals surface area contributed by atoms with Crippen molar-refractivity contribution in [2.75, 3.05) is 10.6 Å². The van der Waals surface area contributed by atoms with Crippen LogP contribution in [-0.4, -0.2) is 21.8 Å². The Hall–Kier alpha value is -3.00. The third kappa shape index (κ3) is 4.30. The van der Waals surface area contributed by atoms with E-state index in [9.17, 15) is 9.59 Å². The molecule has 128 valence electrons. The largest absolute Gasteiger partial charge is 0.469 e. The summed E-state index contributed by atoms with van der Waals surface area (Å²) >= 11 is 1.26. The van der Waals surface area contributed by atoms with E-state index in [1.54, 1.807) is 30.6 Å². The van der Waals surface area contributed by atoms with Crippen molar-refractivity contribution in [3.8, 4) is 0 Å². The number of thiazole rings is 1. The molecule has 3 rings (SSSR count). The lowest BCUT2D eigenvalue weighted by molar-refractivity contribution is -0.115. The summed E-state index contributed by atoms with van der Waals surface area (Å²) in [6.07, 6.45) is 3.20. The minimum Gasteiger partial charge on any atom is -0.469 e. The summed E-state index contributed by atoms with van der Waals surface area (Å²) in [5, 5.41) is 7.60. The number of carbonyl (C=O) groups excluding carboxylic acids is 2. The molecular formula is C17H16N4O3S. The predicted octanol–water partition coefficient (Wildman–Crippen LogP) is 3.18. The van der Waals surface area contributed by atoms with E-state index >= 15 is 0 Å². The van der Waals surface area contributed by atoms with Gasteiger partial charge < -0.3 is 9.73 Å². The summed E-state index contributed by atoms with van der Waals surface area (Å²) in [6.45, 7) is 3.64. The molecule has 0 aliphatic rings. The van der Waals surface area contributed by atoms with Gasteiger partial charge in [-0.3, -0.25) is 14.9 Å². The number of hydrogen-bond acceptors (Lipinski definition) is 6. The third-order valence-electron chi connectivity index (χ3n) is 3.40. The number of nitrogens with one attached hydrogen (secondary N) is 2. The van der Waals surface area contributed by atoms with Crippen LogP contribution in [0.3, 0.4) is 0 Å². The van der Waals surface area contributed by atoms with Gasteiger partial charge in [0.1, 0.15) is 11.6 Å². The van der Waals surface area contributed by atoms with Crippen molar-refractivity contribution in [3.05, 3.63) is 58.6 Å². The van der Waals surface area contributed by atoms with Crippen molar-refractivity contribution in [3.63, 3.8) is 0 Å². The Kier molecular flexibility index (Phi) is 4.90. The van der Waals surface area contributed by atoms with Crippen molar-refractivity contribution in [2.45, 2.75) is 20.3 Å². The normalized spacial score (nSPS) is 10.5. The average Bonchev–Trinajstić information content (AvgIpc) is 3.16. The molecule has 2 N–H and O–H groups in total. The van der Waals surface area contributed by atoms with Gasteiger partial charge in [0, 0.05) is 11.6 Å². The van der Waals surface area contributed by atoms with Gasteiger partial charge in [0.15, 0.2) is 5.13 Å². The van der Waals surface area contributed by atoms with Gasteiger partial charge in [-0.1, -0.05) is 0 Å². The lowest BCUT2D eigenvalue weighted by atomic mass is 10.2. The number of nitrogens with zero attached hydrogens (tertiary/aromatic N) is 2. The number of aryl methyl sites for hydroxylation is 2. The van der Waals surface area contributed by atoms with Crippen molar-refractivity contribution < 1.29 is 14.0 Å². The van der Waals surface area contributed by atoms with E-state index in [1.807, 2.05) is 13.0 Å². The van der Waals surface area contributed by atoms with Crippen molar-refractivity contribution in [2.24, 2.45) is 0 Å². The molecular weight excluding hydrogens is 340 g/mol. The van der Waals surface area contributed by atoms with Crippen LogP contribution in [0, 0.1) is 13.8 Å². The van der Waals surface area contributed by atoms with Crippen LogP contribution in [0.4, 0.5) is 10.9 Å². The summed E-state index contributed by atoms with van der Waals surface area (Å²) in [4.78, 5) is 32.5. The number of hydrogen-bond donors (Lipinski definition) is 2. The first-order chi connectivity index (χ1) is 12.0. The highest BCUT2D eigenvalue weighted by atomic mass is 32.1. The highest BCUT2D eigenvalue weighted by Crippen LogP contribution is 2.18. The second-order valence-corrected chi connectivity index (χ2v) is 6.29. The fourth-order valence-electron chi connectivity index (χ4n) is 2.19. The van der Waals surface area contributed by atoms with E-state index in [2.05, 4.69) is 20.6 Å². The van der Waals surface area contributed by atoms with Crippen LogP contribution in [0.15, 0.2) is 40.5 Å². The van der Waals surface area contributed by atoms with Gasteiger partial charge in [-0.2, -0.15) is 0 Å². The first kappa shape index (κ1) is 16.8. The molecule has 0 aromatic carbocycles.